The van der Waals surface area contributed by atoms with Crippen LogP contribution in [0.15, 0.2) is 0 Å². The second-order valence-corrected chi connectivity index (χ2v) is 5.52. The topological polar surface area (TPSA) is 61.5 Å². The maximum Gasteiger partial charge on any atom is 0.0443 e. The first-order valence-electron chi connectivity index (χ1n) is 7.56. The Balaban J connectivity index is 2.35. The molecule has 0 aromatic heterocycles. The molecular formula is C14H31N3O. The molecule has 4 heteroatoms. The Hall–Kier alpha value is -0.160. The summed E-state index contributed by atoms with van der Waals surface area (Å²) in [5.41, 5.74) is 5.68. The standard InChI is InChI=1S/C14H31N3O/c1-2-3-5-13-10-14(16-7-4-9-18)12-17(11-13)8-6-15/h13-14,16,18H,2-12,15H2,1H3. The summed E-state index contributed by atoms with van der Waals surface area (Å²) < 4.78 is 0. The maximum absolute atomic E-state index is 8.83. The molecule has 18 heavy (non-hydrogen) atoms. The van der Waals surface area contributed by atoms with Crippen LogP contribution < -0.4 is 11.1 Å². The monoisotopic (exact) mass is 257 g/mol. The van der Waals surface area contributed by atoms with E-state index in [2.05, 4.69) is 17.1 Å². The van der Waals surface area contributed by atoms with Gasteiger partial charge in [-0.2, -0.15) is 0 Å². The van der Waals surface area contributed by atoms with Crippen LogP contribution in [0.25, 0.3) is 0 Å². The first-order chi connectivity index (χ1) is 8.80. The van der Waals surface area contributed by atoms with E-state index in [0.29, 0.717) is 6.04 Å². The van der Waals surface area contributed by atoms with Crippen molar-refractivity contribution in [2.75, 3.05) is 39.3 Å². The molecule has 0 radical (unpaired) electrons. The van der Waals surface area contributed by atoms with Gasteiger partial charge in [0.05, 0.1) is 0 Å². The molecule has 1 aliphatic heterocycles. The van der Waals surface area contributed by atoms with Gasteiger partial charge in [0.1, 0.15) is 0 Å². The van der Waals surface area contributed by atoms with Gasteiger partial charge >= 0.3 is 0 Å². The Kier molecular flexibility index (Phi) is 8.59. The fourth-order valence-electron chi connectivity index (χ4n) is 2.90. The average molecular weight is 257 g/mol. The highest BCUT2D eigenvalue weighted by Crippen LogP contribution is 2.21. The van der Waals surface area contributed by atoms with Crippen molar-refractivity contribution in [2.45, 2.75) is 45.1 Å². The zero-order chi connectivity index (χ0) is 13.2. The molecule has 4 N–H and O–H groups in total. The molecule has 0 spiro atoms. The van der Waals surface area contributed by atoms with Gasteiger partial charge in [0.2, 0.25) is 0 Å². The molecule has 1 rings (SSSR count). The molecule has 0 aromatic rings. The number of nitrogens with two attached hydrogens (primary N) is 1. The predicted molar refractivity (Wildman–Crippen MR) is 76.6 cm³/mol. The van der Waals surface area contributed by atoms with E-state index in [4.69, 9.17) is 10.8 Å². The summed E-state index contributed by atoms with van der Waals surface area (Å²) in [6, 6.07) is 0.582. The van der Waals surface area contributed by atoms with E-state index in [-0.39, 0.29) is 6.61 Å². The Labute approximate surface area is 112 Å². The number of unbranched alkanes of at least 4 members (excludes halogenated alkanes) is 1. The zero-order valence-corrected chi connectivity index (χ0v) is 11.9. The molecule has 0 aromatic carbocycles. The number of rotatable bonds is 9. The van der Waals surface area contributed by atoms with Gasteiger partial charge in [-0.15, -0.1) is 0 Å². The van der Waals surface area contributed by atoms with Crippen molar-refractivity contribution in [1.29, 1.82) is 0 Å². The van der Waals surface area contributed by atoms with Gasteiger partial charge < -0.3 is 21.1 Å². The second kappa shape index (κ2) is 9.73. The third-order valence-corrected chi connectivity index (χ3v) is 3.79. The van der Waals surface area contributed by atoms with Gasteiger partial charge in [0.15, 0.2) is 0 Å². The fraction of sp³-hybridized carbons (Fsp3) is 1.00. The summed E-state index contributed by atoms with van der Waals surface area (Å²) in [7, 11) is 0. The van der Waals surface area contributed by atoms with Gasteiger partial charge in [-0.1, -0.05) is 19.8 Å². The van der Waals surface area contributed by atoms with Crippen LogP contribution in [0, 0.1) is 5.92 Å². The maximum atomic E-state index is 8.83. The second-order valence-electron chi connectivity index (χ2n) is 5.52. The van der Waals surface area contributed by atoms with E-state index in [0.717, 1.165) is 38.5 Å². The van der Waals surface area contributed by atoms with Crippen LogP contribution in [0.1, 0.15) is 39.0 Å². The number of nitrogens with zero attached hydrogens (tertiary/aromatic N) is 1. The number of likely N-dealkylation sites (tertiary alicyclic amines) is 1. The minimum atomic E-state index is 0.283. The van der Waals surface area contributed by atoms with E-state index >= 15 is 0 Å². The lowest BCUT2D eigenvalue weighted by atomic mass is 9.90. The molecule has 1 fully saturated rings. The van der Waals surface area contributed by atoms with E-state index < -0.39 is 0 Å². The van der Waals surface area contributed by atoms with E-state index in [1.807, 2.05) is 0 Å². The SMILES string of the molecule is CCCCC1CC(NCCCO)CN(CCN)C1. The number of aliphatic hydroxyl groups is 1. The molecule has 0 aliphatic carbocycles. The number of nitrogens with one attached hydrogen (secondary N) is 1. The summed E-state index contributed by atoms with van der Waals surface area (Å²) in [6.45, 7) is 7.58. The van der Waals surface area contributed by atoms with Crippen molar-refractivity contribution in [3.8, 4) is 0 Å². The van der Waals surface area contributed by atoms with Crippen molar-refractivity contribution in [3.05, 3.63) is 0 Å². The highest BCUT2D eigenvalue weighted by molar-refractivity contribution is 4.83. The zero-order valence-electron chi connectivity index (χ0n) is 11.9. The van der Waals surface area contributed by atoms with Crippen molar-refractivity contribution >= 4 is 0 Å². The van der Waals surface area contributed by atoms with Crippen molar-refractivity contribution in [3.63, 3.8) is 0 Å². The van der Waals surface area contributed by atoms with Crippen molar-refractivity contribution in [2.24, 2.45) is 11.7 Å². The minimum absolute atomic E-state index is 0.283. The highest BCUT2D eigenvalue weighted by Gasteiger charge is 2.25. The number of hydrogen-bond acceptors (Lipinski definition) is 4. The molecule has 0 bridgehead atoms. The van der Waals surface area contributed by atoms with E-state index in [9.17, 15) is 0 Å². The summed E-state index contributed by atoms with van der Waals surface area (Å²) >= 11 is 0. The average Bonchev–Trinajstić information content (AvgIpc) is 2.37. The Morgan fingerprint density at radius 2 is 2.17 bits per heavy atom. The van der Waals surface area contributed by atoms with Crippen LogP contribution in [-0.2, 0) is 0 Å². The quantitative estimate of drug-likeness (QED) is 0.535. The summed E-state index contributed by atoms with van der Waals surface area (Å²) in [5, 5.41) is 12.4. The summed E-state index contributed by atoms with van der Waals surface area (Å²) in [6.07, 6.45) is 6.11. The lowest BCUT2D eigenvalue weighted by molar-refractivity contribution is 0.136. The van der Waals surface area contributed by atoms with E-state index in [1.165, 1.54) is 32.2 Å². The number of aliphatic hydroxyl groups excluding tert-OH is 1. The molecule has 4 nitrogen and oxygen atoms in total. The molecule has 2 unspecified atom stereocenters. The lowest BCUT2D eigenvalue weighted by Gasteiger charge is -2.38. The minimum Gasteiger partial charge on any atom is -0.396 e. The summed E-state index contributed by atoms with van der Waals surface area (Å²) in [4.78, 5) is 2.50. The molecule has 108 valence electrons. The normalized spacial score (nSPS) is 25.5. The van der Waals surface area contributed by atoms with E-state index in [1.54, 1.807) is 0 Å². The molecule has 2 atom stereocenters. The summed E-state index contributed by atoms with van der Waals surface area (Å²) in [5.74, 6) is 0.817. The third-order valence-electron chi connectivity index (χ3n) is 3.79. The number of hydrogen-bond donors (Lipinski definition) is 3. The first-order valence-corrected chi connectivity index (χ1v) is 7.56. The van der Waals surface area contributed by atoms with Gasteiger partial charge in [0.25, 0.3) is 0 Å². The van der Waals surface area contributed by atoms with Crippen LogP contribution in [0.3, 0.4) is 0 Å². The number of piperidine rings is 1. The van der Waals surface area contributed by atoms with Gasteiger partial charge in [0, 0.05) is 38.8 Å². The van der Waals surface area contributed by atoms with Crippen molar-refractivity contribution < 1.29 is 5.11 Å². The van der Waals surface area contributed by atoms with Crippen LogP contribution >= 0.6 is 0 Å². The molecule has 0 amide bonds. The van der Waals surface area contributed by atoms with Crippen molar-refractivity contribution in [1.82, 2.24) is 10.2 Å². The smallest absolute Gasteiger partial charge is 0.0443 e. The largest absolute Gasteiger partial charge is 0.396 e. The molecular weight excluding hydrogens is 226 g/mol. The molecule has 1 heterocycles. The van der Waals surface area contributed by atoms with Crippen LogP contribution in [0.4, 0.5) is 0 Å². The lowest BCUT2D eigenvalue weighted by Crippen LogP contribution is -2.50. The van der Waals surface area contributed by atoms with Gasteiger partial charge in [-0.25, -0.2) is 0 Å². The third kappa shape index (κ3) is 6.14. The Morgan fingerprint density at radius 1 is 1.33 bits per heavy atom. The fourth-order valence-corrected chi connectivity index (χ4v) is 2.90. The molecule has 1 aliphatic rings. The van der Waals surface area contributed by atoms with Crippen LogP contribution in [0.5, 0.6) is 0 Å². The Morgan fingerprint density at radius 3 is 2.83 bits per heavy atom. The van der Waals surface area contributed by atoms with Gasteiger partial charge in [-0.05, 0) is 31.7 Å². The van der Waals surface area contributed by atoms with Gasteiger partial charge in [-0.3, -0.25) is 0 Å². The highest BCUT2D eigenvalue weighted by atomic mass is 16.3. The van der Waals surface area contributed by atoms with Crippen LogP contribution in [0.2, 0.25) is 0 Å². The molecule has 1 saturated heterocycles. The molecule has 0 saturated carbocycles. The Bertz CT molecular complexity index is 201. The predicted octanol–water partition coefficient (Wildman–Crippen LogP) is 0.798. The van der Waals surface area contributed by atoms with Crippen LogP contribution in [-0.4, -0.2) is 55.4 Å². The first kappa shape index (κ1) is 15.9.